The van der Waals surface area contributed by atoms with Crippen LogP contribution >= 0.6 is 15.9 Å². The normalized spacial score (nSPS) is 22.8. The van der Waals surface area contributed by atoms with Crippen LogP contribution in [0.15, 0.2) is 14.3 Å². The van der Waals surface area contributed by atoms with Crippen LogP contribution in [0.5, 0.6) is 0 Å². The van der Waals surface area contributed by atoms with Crippen LogP contribution in [0.2, 0.25) is 0 Å². The van der Waals surface area contributed by atoms with Gasteiger partial charge < -0.3 is 4.57 Å². The highest BCUT2D eigenvalue weighted by atomic mass is 79.9. The largest absolute Gasteiger partial charge is 0.329 e. The van der Waals surface area contributed by atoms with E-state index < -0.39 is 5.69 Å². The van der Waals surface area contributed by atoms with E-state index in [4.69, 9.17) is 0 Å². The summed E-state index contributed by atoms with van der Waals surface area (Å²) in [4.78, 5) is 30.5. The molecule has 0 amide bonds. The fourth-order valence-corrected chi connectivity index (χ4v) is 3.63. The molecule has 1 fully saturated rings. The molecular weight excluding hydrogens is 336 g/mol. The van der Waals surface area contributed by atoms with Crippen molar-refractivity contribution >= 4 is 27.1 Å². The third-order valence-corrected chi connectivity index (χ3v) is 5.14. The van der Waals surface area contributed by atoms with Crippen molar-refractivity contribution in [2.45, 2.75) is 39.2 Å². The predicted octanol–water partition coefficient (Wildman–Crippen LogP) is 2.01. The predicted molar refractivity (Wildman–Crippen MR) is 84.4 cm³/mol. The van der Waals surface area contributed by atoms with Crippen molar-refractivity contribution in [2.75, 3.05) is 0 Å². The molecule has 7 heteroatoms. The van der Waals surface area contributed by atoms with Gasteiger partial charge in [0.25, 0.3) is 5.56 Å². The minimum atomic E-state index is -0.434. The molecular formula is C14H19BrN4O2. The molecule has 6 nitrogen and oxygen atoms in total. The van der Waals surface area contributed by atoms with Gasteiger partial charge in [-0.2, -0.15) is 0 Å². The number of nitrogens with one attached hydrogen (secondary N) is 1. The van der Waals surface area contributed by atoms with Crippen LogP contribution in [0, 0.1) is 11.8 Å². The Morgan fingerprint density at radius 3 is 2.62 bits per heavy atom. The minimum Gasteiger partial charge on any atom is -0.312 e. The van der Waals surface area contributed by atoms with Crippen molar-refractivity contribution in [1.82, 2.24) is 19.1 Å². The molecule has 0 spiro atoms. The highest BCUT2D eigenvalue weighted by Crippen LogP contribution is 2.30. The smallest absolute Gasteiger partial charge is 0.312 e. The number of aryl methyl sites for hydroxylation is 1. The minimum absolute atomic E-state index is 0.365. The van der Waals surface area contributed by atoms with Gasteiger partial charge in [0.15, 0.2) is 15.9 Å². The highest BCUT2D eigenvalue weighted by molar-refractivity contribution is 9.10. The molecule has 2 aromatic rings. The van der Waals surface area contributed by atoms with Crippen molar-refractivity contribution in [2.24, 2.45) is 18.9 Å². The maximum Gasteiger partial charge on any atom is 0.329 e. The Hall–Kier alpha value is -1.37. The highest BCUT2D eigenvalue weighted by Gasteiger charge is 2.22. The topological polar surface area (TPSA) is 72.7 Å². The van der Waals surface area contributed by atoms with Crippen molar-refractivity contribution in [3.63, 3.8) is 0 Å². The van der Waals surface area contributed by atoms with E-state index in [0.717, 1.165) is 12.5 Å². The zero-order chi connectivity index (χ0) is 15.1. The van der Waals surface area contributed by atoms with Gasteiger partial charge in [-0.3, -0.25) is 14.3 Å². The monoisotopic (exact) mass is 354 g/mol. The number of imidazole rings is 1. The van der Waals surface area contributed by atoms with Gasteiger partial charge in [0.2, 0.25) is 0 Å². The van der Waals surface area contributed by atoms with E-state index in [1.807, 2.05) is 4.57 Å². The van der Waals surface area contributed by atoms with E-state index in [1.54, 1.807) is 7.05 Å². The fraction of sp³-hybridized carbons (Fsp3) is 0.643. The van der Waals surface area contributed by atoms with Crippen LogP contribution in [0.1, 0.15) is 32.6 Å². The summed E-state index contributed by atoms with van der Waals surface area (Å²) in [5.74, 6) is 1.36. The zero-order valence-electron chi connectivity index (χ0n) is 12.2. The maximum atomic E-state index is 12.1. The first kappa shape index (κ1) is 14.6. The Morgan fingerprint density at radius 2 is 1.95 bits per heavy atom. The summed E-state index contributed by atoms with van der Waals surface area (Å²) in [6.45, 7) is 3.06. The number of halogens is 1. The van der Waals surface area contributed by atoms with Gasteiger partial charge in [0.1, 0.15) is 0 Å². The van der Waals surface area contributed by atoms with Crippen LogP contribution in [0.25, 0.3) is 11.2 Å². The van der Waals surface area contributed by atoms with Crippen LogP contribution in [0.4, 0.5) is 0 Å². The lowest BCUT2D eigenvalue weighted by molar-refractivity contribution is 0.265. The Bertz CT molecular complexity index is 781. The lowest BCUT2D eigenvalue weighted by Crippen LogP contribution is -2.29. The van der Waals surface area contributed by atoms with Crippen molar-refractivity contribution in [3.05, 3.63) is 25.6 Å². The Labute approximate surface area is 130 Å². The van der Waals surface area contributed by atoms with Gasteiger partial charge >= 0.3 is 5.69 Å². The van der Waals surface area contributed by atoms with Gasteiger partial charge in [-0.25, -0.2) is 9.78 Å². The van der Waals surface area contributed by atoms with Crippen LogP contribution in [-0.4, -0.2) is 19.1 Å². The van der Waals surface area contributed by atoms with Crippen molar-refractivity contribution in [1.29, 1.82) is 0 Å². The summed E-state index contributed by atoms with van der Waals surface area (Å²) in [5.41, 5.74) is 0.106. The fourth-order valence-electron chi connectivity index (χ4n) is 3.14. The first-order chi connectivity index (χ1) is 9.97. The summed E-state index contributed by atoms with van der Waals surface area (Å²) in [6.07, 6.45) is 4.83. The molecule has 0 saturated heterocycles. The number of hydrogen-bond acceptors (Lipinski definition) is 3. The van der Waals surface area contributed by atoms with Crippen LogP contribution < -0.4 is 11.2 Å². The Kier molecular flexibility index (Phi) is 3.77. The van der Waals surface area contributed by atoms with Crippen molar-refractivity contribution < 1.29 is 0 Å². The summed E-state index contributed by atoms with van der Waals surface area (Å²) < 4.78 is 3.89. The lowest BCUT2D eigenvalue weighted by atomic mass is 9.83. The molecule has 0 atom stereocenters. The number of aromatic nitrogens is 4. The Morgan fingerprint density at radius 1 is 1.29 bits per heavy atom. The van der Waals surface area contributed by atoms with Gasteiger partial charge in [0.05, 0.1) is 0 Å². The second kappa shape index (κ2) is 5.44. The summed E-state index contributed by atoms with van der Waals surface area (Å²) >= 11 is 3.42. The van der Waals surface area contributed by atoms with Crippen LogP contribution in [-0.2, 0) is 13.6 Å². The molecule has 0 unspecified atom stereocenters. The average Bonchev–Trinajstić information content (AvgIpc) is 2.77. The average molecular weight is 355 g/mol. The zero-order valence-corrected chi connectivity index (χ0v) is 13.8. The molecule has 2 heterocycles. The number of fused-ring (bicyclic) bond motifs is 1. The summed E-state index contributed by atoms with van der Waals surface area (Å²) in [7, 11) is 1.62. The lowest BCUT2D eigenvalue weighted by Gasteiger charge is -2.26. The molecule has 2 aromatic heterocycles. The molecule has 114 valence electrons. The van der Waals surface area contributed by atoms with Crippen LogP contribution in [0.3, 0.4) is 0 Å². The molecule has 0 aliphatic heterocycles. The molecule has 0 radical (unpaired) electrons. The molecule has 1 aliphatic rings. The quantitative estimate of drug-likeness (QED) is 0.838. The molecule has 0 bridgehead atoms. The van der Waals surface area contributed by atoms with Gasteiger partial charge in [-0.1, -0.05) is 19.8 Å². The van der Waals surface area contributed by atoms with Gasteiger partial charge in [-0.05, 0) is 40.6 Å². The van der Waals surface area contributed by atoms with E-state index in [0.29, 0.717) is 21.8 Å². The number of hydrogen-bond donors (Lipinski definition) is 1. The number of aromatic amines is 1. The number of H-pyrrole nitrogens is 1. The SMILES string of the molecule is Cn1c(=O)[nH]c(=O)c2c1nc(Br)n2C[C@H]1CC[C@H](C)CC1. The first-order valence-corrected chi connectivity index (χ1v) is 8.11. The number of rotatable bonds is 2. The van der Waals surface area contributed by atoms with E-state index >= 15 is 0 Å². The molecule has 1 N–H and O–H groups in total. The molecule has 1 aliphatic carbocycles. The molecule has 21 heavy (non-hydrogen) atoms. The van der Waals surface area contributed by atoms with E-state index in [1.165, 1.54) is 30.3 Å². The second-order valence-corrected chi connectivity index (χ2v) is 6.82. The first-order valence-electron chi connectivity index (χ1n) is 7.32. The molecule has 1 saturated carbocycles. The summed E-state index contributed by atoms with van der Waals surface area (Å²) in [6, 6.07) is 0. The number of nitrogens with zero attached hydrogens (tertiary/aromatic N) is 3. The van der Waals surface area contributed by atoms with Crippen molar-refractivity contribution in [3.8, 4) is 0 Å². The van der Waals surface area contributed by atoms with E-state index in [-0.39, 0.29) is 5.56 Å². The third kappa shape index (κ3) is 2.59. The molecule has 3 rings (SSSR count). The third-order valence-electron chi connectivity index (χ3n) is 4.54. The summed E-state index contributed by atoms with van der Waals surface area (Å²) in [5, 5.41) is 0. The van der Waals surface area contributed by atoms with E-state index in [2.05, 4.69) is 32.8 Å². The molecule has 0 aromatic carbocycles. The van der Waals surface area contributed by atoms with E-state index in [9.17, 15) is 9.59 Å². The van der Waals surface area contributed by atoms with Gasteiger partial charge in [-0.15, -0.1) is 0 Å². The standard InChI is InChI=1S/C14H19BrN4O2/c1-8-3-5-9(6-4-8)7-19-10-11(16-13(19)15)18(2)14(21)17-12(10)20/h8-9H,3-7H2,1-2H3,(H,17,20,21)/t8-,9-. The van der Waals surface area contributed by atoms with Gasteiger partial charge in [0, 0.05) is 13.6 Å². The second-order valence-electron chi connectivity index (χ2n) is 6.11. The Balaban J connectivity index is 2.03. The maximum absolute atomic E-state index is 12.1.